The van der Waals surface area contributed by atoms with Crippen LogP contribution < -0.4 is 10.6 Å². The highest BCUT2D eigenvalue weighted by atomic mass is 127. The SMILES string of the molecule is CN=C(NCCCOCC1CCCO1)NCc1ccn(C)c1.I. The minimum absolute atomic E-state index is 0. The third-order valence-electron chi connectivity index (χ3n) is 3.66. The van der Waals surface area contributed by atoms with Gasteiger partial charge in [0.15, 0.2) is 5.96 Å². The normalized spacial score (nSPS) is 17.8. The van der Waals surface area contributed by atoms with Gasteiger partial charge in [-0.2, -0.15) is 0 Å². The zero-order valence-corrected chi connectivity index (χ0v) is 16.4. The van der Waals surface area contributed by atoms with Crippen LogP contribution >= 0.6 is 24.0 Å². The lowest BCUT2D eigenvalue weighted by molar-refractivity contribution is 0.0168. The molecule has 0 aromatic carbocycles. The van der Waals surface area contributed by atoms with E-state index in [1.807, 2.05) is 17.8 Å². The number of rotatable bonds is 8. The van der Waals surface area contributed by atoms with Crippen molar-refractivity contribution in [3.8, 4) is 0 Å². The van der Waals surface area contributed by atoms with Crippen LogP contribution in [0.1, 0.15) is 24.8 Å². The Labute approximate surface area is 156 Å². The Bertz CT molecular complexity index is 459. The summed E-state index contributed by atoms with van der Waals surface area (Å²) in [6, 6.07) is 2.10. The van der Waals surface area contributed by atoms with Gasteiger partial charge < -0.3 is 24.7 Å². The molecule has 23 heavy (non-hydrogen) atoms. The molecule has 0 bridgehead atoms. The van der Waals surface area contributed by atoms with E-state index in [0.717, 1.165) is 51.7 Å². The first-order valence-corrected chi connectivity index (χ1v) is 8.02. The van der Waals surface area contributed by atoms with Gasteiger partial charge in [-0.1, -0.05) is 0 Å². The molecule has 1 aliphatic heterocycles. The van der Waals surface area contributed by atoms with Gasteiger partial charge in [0.2, 0.25) is 0 Å². The smallest absolute Gasteiger partial charge is 0.191 e. The first-order chi connectivity index (χ1) is 10.8. The van der Waals surface area contributed by atoms with E-state index in [4.69, 9.17) is 9.47 Å². The van der Waals surface area contributed by atoms with E-state index in [9.17, 15) is 0 Å². The molecule has 1 fully saturated rings. The van der Waals surface area contributed by atoms with Gasteiger partial charge in [0, 0.05) is 52.8 Å². The van der Waals surface area contributed by atoms with Gasteiger partial charge in [0.1, 0.15) is 0 Å². The van der Waals surface area contributed by atoms with Crippen LogP contribution in [0.25, 0.3) is 0 Å². The lowest BCUT2D eigenvalue weighted by atomic mass is 10.2. The van der Waals surface area contributed by atoms with E-state index in [2.05, 4.69) is 27.9 Å². The molecule has 1 aromatic heterocycles. The molecule has 2 rings (SSSR count). The Morgan fingerprint density at radius 2 is 2.35 bits per heavy atom. The maximum Gasteiger partial charge on any atom is 0.191 e. The van der Waals surface area contributed by atoms with Crippen LogP contribution in [0.2, 0.25) is 0 Å². The van der Waals surface area contributed by atoms with Crippen molar-refractivity contribution in [3.63, 3.8) is 0 Å². The number of halogens is 1. The van der Waals surface area contributed by atoms with Gasteiger partial charge in [-0.25, -0.2) is 0 Å². The summed E-state index contributed by atoms with van der Waals surface area (Å²) < 4.78 is 13.2. The summed E-state index contributed by atoms with van der Waals surface area (Å²) >= 11 is 0. The van der Waals surface area contributed by atoms with Crippen molar-refractivity contribution in [3.05, 3.63) is 24.0 Å². The number of ether oxygens (including phenoxy) is 2. The monoisotopic (exact) mass is 436 g/mol. The maximum absolute atomic E-state index is 5.64. The fourth-order valence-corrected chi connectivity index (χ4v) is 2.44. The minimum Gasteiger partial charge on any atom is -0.379 e. The number of aliphatic imine (C=N–C) groups is 1. The Kier molecular flexibility index (Phi) is 10.3. The topological polar surface area (TPSA) is 59.8 Å². The van der Waals surface area contributed by atoms with Crippen LogP contribution in [0, 0.1) is 0 Å². The molecule has 1 saturated heterocycles. The number of guanidine groups is 1. The predicted octanol–water partition coefficient (Wildman–Crippen LogP) is 1.89. The number of aryl methyl sites for hydroxylation is 1. The Morgan fingerprint density at radius 1 is 1.48 bits per heavy atom. The van der Waals surface area contributed by atoms with Crippen LogP contribution in [-0.4, -0.2) is 50.0 Å². The van der Waals surface area contributed by atoms with Crippen LogP contribution in [-0.2, 0) is 23.1 Å². The molecule has 1 unspecified atom stereocenters. The van der Waals surface area contributed by atoms with Gasteiger partial charge >= 0.3 is 0 Å². The van der Waals surface area contributed by atoms with E-state index in [-0.39, 0.29) is 24.0 Å². The van der Waals surface area contributed by atoms with Crippen molar-refractivity contribution in [2.45, 2.75) is 31.9 Å². The first kappa shape index (κ1) is 20.2. The number of nitrogens with one attached hydrogen (secondary N) is 2. The molecule has 1 aliphatic rings. The maximum atomic E-state index is 5.64. The van der Waals surface area contributed by atoms with Gasteiger partial charge in [-0.05, 0) is 30.9 Å². The van der Waals surface area contributed by atoms with Gasteiger partial charge in [-0.3, -0.25) is 4.99 Å². The zero-order valence-electron chi connectivity index (χ0n) is 14.1. The molecular weight excluding hydrogens is 407 g/mol. The average Bonchev–Trinajstić information content (AvgIpc) is 3.17. The summed E-state index contributed by atoms with van der Waals surface area (Å²) in [6.07, 6.45) is 7.71. The van der Waals surface area contributed by atoms with Crippen LogP contribution in [0.3, 0.4) is 0 Å². The highest BCUT2D eigenvalue weighted by Gasteiger charge is 2.14. The molecule has 2 heterocycles. The molecule has 0 spiro atoms. The predicted molar refractivity (Wildman–Crippen MR) is 103 cm³/mol. The molecule has 1 atom stereocenters. The zero-order chi connectivity index (χ0) is 15.6. The Hall–Kier alpha value is -0.800. The average molecular weight is 436 g/mol. The van der Waals surface area contributed by atoms with Crippen molar-refractivity contribution >= 4 is 29.9 Å². The van der Waals surface area contributed by atoms with Crippen LogP contribution in [0.15, 0.2) is 23.5 Å². The molecule has 6 nitrogen and oxygen atoms in total. The Balaban J connectivity index is 0.00000264. The van der Waals surface area contributed by atoms with Crippen LogP contribution in [0.5, 0.6) is 0 Å². The summed E-state index contributed by atoms with van der Waals surface area (Å²) in [7, 11) is 3.81. The van der Waals surface area contributed by atoms with Gasteiger partial charge in [0.25, 0.3) is 0 Å². The van der Waals surface area contributed by atoms with E-state index in [1.165, 1.54) is 12.0 Å². The van der Waals surface area contributed by atoms with Crippen molar-refractivity contribution in [2.24, 2.45) is 12.0 Å². The summed E-state index contributed by atoms with van der Waals surface area (Å²) in [6.45, 7) is 3.98. The first-order valence-electron chi connectivity index (χ1n) is 8.02. The lowest BCUT2D eigenvalue weighted by Crippen LogP contribution is -2.37. The largest absolute Gasteiger partial charge is 0.379 e. The standard InChI is InChI=1S/C16H28N4O2.HI/c1-17-16(19-11-14-6-8-20(2)12-14)18-7-4-9-21-13-15-5-3-10-22-15;/h6,8,12,15H,3-5,7,9-11,13H2,1-2H3,(H2,17,18,19);1H. The molecule has 0 aliphatic carbocycles. The minimum atomic E-state index is 0. The summed E-state index contributed by atoms with van der Waals surface area (Å²) in [5.74, 6) is 0.822. The van der Waals surface area contributed by atoms with E-state index in [1.54, 1.807) is 7.05 Å². The highest BCUT2D eigenvalue weighted by Crippen LogP contribution is 2.11. The summed E-state index contributed by atoms with van der Waals surface area (Å²) in [4.78, 5) is 4.22. The number of hydrogen-bond acceptors (Lipinski definition) is 3. The highest BCUT2D eigenvalue weighted by molar-refractivity contribution is 14.0. The van der Waals surface area contributed by atoms with Crippen molar-refractivity contribution in [1.29, 1.82) is 0 Å². The molecule has 1 aromatic rings. The fraction of sp³-hybridized carbons (Fsp3) is 0.688. The van der Waals surface area contributed by atoms with E-state index < -0.39 is 0 Å². The molecule has 7 heteroatoms. The Morgan fingerprint density at radius 3 is 3.00 bits per heavy atom. The molecular formula is C16H29IN4O2. The van der Waals surface area contributed by atoms with E-state index in [0.29, 0.717) is 6.10 Å². The molecule has 2 N–H and O–H groups in total. The van der Waals surface area contributed by atoms with Gasteiger partial charge in [0.05, 0.1) is 12.7 Å². The fourth-order valence-electron chi connectivity index (χ4n) is 2.44. The second-order valence-electron chi connectivity index (χ2n) is 5.60. The third-order valence-corrected chi connectivity index (χ3v) is 3.66. The number of nitrogens with zero attached hydrogens (tertiary/aromatic N) is 2. The summed E-state index contributed by atoms with van der Waals surface area (Å²) in [5, 5.41) is 6.60. The summed E-state index contributed by atoms with van der Waals surface area (Å²) in [5.41, 5.74) is 1.24. The number of hydrogen-bond donors (Lipinski definition) is 2. The molecule has 0 amide bonds. The van der Waals surface area contributed by atoms with Crippen molar-refractivity contribution < 1.29 is 9.47 Å². The molecule has 132 valence electrons. The van der Waals surface area contributed by atoms with Gasteiger partial charge in [-0.15, -0.1) is 24.0 Å². The van der Waals surface area contributed by atoms with E-state index >= 15 is 0 Å². The second-order valence-corrected chi connectivity index (χ2v) is 5.60. The molecule has 0 radical (unpaired) electrons. The van der Waals surface area contributed by atoms with Crippen molar-refractivity contribution in [2.75, 3.05) is 33.4 Å². The quantitative estimate of drug-likeness (QED) is 0.283. The van der Waals surface area contributed by atoms with Crippen LogP contribution in [0.4, 0.5) is 0 Å². The lowest BCUT2D eigenvalue weighted by Gasteiger charge is -2.12. The second kappa shape index (κ2) is 11.7. The van der Waals surface area contributed by atoms with Crippen molar-refractivity contribution in [1.82, 2.24) is 15.2 Å². The third kappa shape index (κ3) is 8.03. The molecule has 0 saturated carbocycles. The number of aromatic nitrogens is 1.